The molecule has 0 aliphatic carbocycles. The van der Waals surface area contributed by atoms with Crippen LogP contribution in [0.3, 0.4) is 0 Å². The highest BCUT2D eigenvalue weighted by Gasteiger charge is 2.29. The van der Waals surface area contributed by atoms with Crippen LogP contribution < -0.4 is 15.0 Å². The minimum absolute atomic E-state index is 0.0155. The quantitative estimate of drug-likeness (QED) is 0.800. The van der Waals surface area contributed by atoms with Gasteiger partial charge in [-0.2, -0.15) is 0 Å². The van der Waals surface area contributed by atoms with Crippen molar-refractivity contribution < 1.29 is 19.4 Å². The SMILES string of the molecule is COc1ccccc1N1CCC(NC(=O)CC(C)(C)CC(=O)O)C1. The molecule has 0 spiro atoms. The molecule has 1 fully saturated rings. The number of para-hydroxylation sites is 2. The standard InChI is InChI=1S/C18H26N2O4/c1-18(2,11-17(22)23)10-16(21)19-13-8-9-20(12-13)14-6-4-5-7-15(14)24-3/h4-7,13H,8-12H2,1-3H3,(H,19,21)(H,22,23). The summed E-state index contributed by atoms with van der Waals surface area (Å²) in [4.78, 5) is 25.3. The van der Waals surface area contributed by atoms with Gasteiger partial charge in [-0.1, -0.05) is 26.0 Å². The Kier molecular flexibility index (Phi) is 5.70. The van der Waals surface area contributed by atoms with Crippen LogP contribution in [-0.4, -0.2) is 43.2 Å². The lowest BCUT2D eigenvalue weighted by atomic mass is 9.85. The molecule has 0 radical (unpaired) electrons. The van der Waals surface area contributed by atoms with Crippen LogP contribution in [0.5, 0.6) is 5.75 Å². The van der Waals surface area contributed by atoms with Gasteiger partial charge >= 0.3 is 5.97 Å². The van der Waals surface area contributed by atoms with Gasteiger partial charge < -0.3 is 20.1 Å². The zero-order chi connectivity index (χ0) is 17.7. The Hall–Kier alpha value is -2.24. The minimum Gasteiger partial charge on any atom is -0.495 e. The van der Waals surface area contributed by atoms with Gasteiger partial charge in [0, 0.05) is 25.6 Å². The predicted octanol–water partition coefficient (Wildman–Crippen LogP) is 2.28. The maximum Gasteiger partial charge on any atom is 0.303 e. The maximum absolute atomic E-state index is 12.2. The number of carbonyl (C=O) groups excluding carboxylic acids is 1. The van der Waals surface area contributed by atoms with E-state index < -0.39 is 11.4 Å². The largest absolute Gasteiger partial charge is 0.495 e. The van der Waals surface area contributed by atoms with Gasteiger partial charge in [0.15, 0.2) is 0 Å². The summed E-state index contributed by atoms with van der Waals surface area (Å²) >= 11 is 0. The third-order valence-electron chi connectivity index (χ3n) is 4.25. The number of carbonyl (C=O) groups is 2. The molecule has 0 aromatic heterocycles. The molecular weight excluding hydrogens is 308 g/mol. The number of nitrogens with zero attached hydrogens (tertiary/aromatic N) is 1. The van der Waals surface area contributed by atoms with Crippen molar-refractivity contribution in [3.8, 4) is 5.75 Å². The second-order valence-electron chi connectivity index (χ2n) is 7.08. The fourth-order valence-corrected chi connectivity index (χ4v) is 3.17. The van der Waals surface area contributed by atoms with E-state index in [1.165, 1.54) is 0 Å². The summed E-state index contributed by atoms with van der Waals surface area (Å²) < 4.78 is 5.39. The van der Waals surface area contributed by atoms with Crippen molar-refractivity contribution in [2.24, 2.45) is 5.41 Å². The second kappa shape index (κ2) is 7.55. The molecule has 1 aromatic rings. The van der Waals surface area contributed by atoms with Crippen molar-refractivity contribution in [3.05, 3.63) is 24.3 Å². The number of rotatable bonds is 7. The fraction of sp³-hybridized carbons (Fsp3) is 0.556. The van der Waals surface area contributed by atoms with E-state index in [0.717, 1.165) is 30.9 Å². The van der Waals surface area contributed by atoms with Crippen LogP contribution in [0, 0.1) is 5.41 Å². The normalized spacial score (nSPS) is 17.6. The first-order valence-corrected chi connectivity index (χ1v) is 8.20. The van der Waals surface area contributed by atoms with Crippen molar-refractivity contribution >= 4 is 17.6 Å². The average Bonchev–Trinajstić information content (AvgIpc) is 2.93. The topological polar surface area (TPSA) is 78.9 Å². The Morgan fingerprint density at radius 3 is 2.71 bits per heavy atom. The zero-order valence-electron chi connectivity index (χ0n) is 14.5. The van der Waals surface area contributed by atoms with Crippen molar-refractivity contribution in [1.82, 2.24) is 5.32 Å². The van der Waals surface area contributed by atoms with E-state index in [-0.39, 0.29) is 24.8 Å². The van der Waals surface area contributed by atoms with Gasteiger partial charge in [0.1, 0.15) is 5.75 Å². The Bertz CT molecular complexity index is 600. The molecule has 6 nitrogen and oxygen atoms in total. The molecule has 1 heterocycles. The Balaban J connectivity index is 1.90. The number of anilines is 1. The Morgan fingerprint density at radius 2 is 2.04 bits per heavy atom. The lowest BCUT2D eigenvalue weighted by molar-refractivity contribution is -0.139. The lowest BCUT2D eigenvalue weighted by Gasteiger charge is -2.24. The number of benzene rings is 1. The third-order valence-corrected chi connectivity index (χ3v) is 4.25. The molecule has 1 aliphatic rings. The van der Waals surface area contributed by atoms with E-state index in [4.69, 9.17) is 9.84 Å². The smallest absolute Gasteiger partial charge is 0.303 e. The van der Waals surface area contributed by atoms with Crippen LogP contribution in [0.25, 0.3) is 0 Å². The van der Waals surface area contributed by atoms with E-state index in [0.29, 0.717) is 0 Å². The monoisotopic (exact) mass is 334 g/mol. The second-order valence-corrected chi connectivity index (χ2v) is 7.08. The highest BCUT2D eigenvalue weighted by molar-refractivity contribution is 5.78. The molecule has 2 N–H and O–H groups in total. The molecule has 0 bridgehead atoms. The molecule has 132 valence electrons. The number of methoxy groups -OCH3 is 1. The summed E-state index contributed by atoms with van der Waals surface area (Å²) in [5.41, 5.74) is 0.486. The van der Waals surface area contributed by atoms with Crippen LogP contribution in [0.1, 0.15) is 33.1 Å². The summed E-state index contributed by atoms with van der Waals surface area (Å²) in [5, 5.41) is 11.9. The van der Waals surface area contributed by atoms with Crippen LogP contribution >= 0.6 is 0 Å². The van der Waals surface area contributed by atoms with Gasteiger partial charge in [0.25, 0.3) is 0 Å². The van der Waals surface area contributed by atoms with Gasteiger partial charge in [0.05, 0.1) is 19.2 Å². The number of carboxylic acid groups (broad SMARTS) is 1. The molecule has 1 aromatic carbocycles. The molecule has 1 amide bonds. The molecule has 1 unspecified atom stereocenters. The number of aliphatic carboxylic acids is 1. The highest BCUT2D eigenvalue weighted by atomic mass is 16.5. The number of hydrogen-bond donors (Lipinski definition) is 2. The van der Waals surface area contributed by atoms with Crippen LogP contribution in [0.15, 0.2) is 24.3 Å². The van der Waals surface area contributed by atoms with E-state index in [2.05, 4.69) is 10.2 Å². The first-order valence-electron chi connectivity index (χ1n) is 8.20. The molecule has 2 rings (SSSR count). The van der Waals surface area contributed by atoms with Crippen LogP contribution in [0.2, 0.25) is 0 Å². The van der Waals surface area contributed by atoms with Gasteiger partial charge in [0.2, 0.25) is 5.91 Å². The van der Waals surface area contributed by atoms with Gasteiger partial charge in [-0.3, -0.25) is 9.59 Å². The molecule has 1 atom stereocenters. The van der Waals surface area contributed by atoms with Crippen molar-refractivity contribution in [1.29, 1.82) is 0 Å². The van der Waals surface area contributed by atoms with Crippen LogP contribution in [0.4, 0.5) is 5.69 Å². The first-order chi connectivity index (χ1) is 11.3. The van der Waals surface area contributed by atoms with Crippen molar-refractivity contribution in [3.63, 3.8) is 0 Å². The summed E-state index contributed by atoms with van der Waals surface area (Å²) in [6.45, 7) is 5.18. The van der Waals surface area contributed by atoms with Crippen LogP contribution in [-0.2, 0) is 9.59 Å². The highest BCUT2D eigenvalue weighted by Crippen LogP contribution is 2.30. The molecule has 0 saturated carbocycles. The van der Waals surface area contributed by atoms with E-state index in [9.17, 15) is 9.59 Å². The van der Waals surface area contributed by atoms with Gasteiger partial charge in [-0.25, -0.2) is 0 Å². The number of hydrogen-bond acceptors (Lipinski definition) is 4. The van der Waals surface area contributed by atoms with E-state index >= 15 is 0 Å². The molecule has 1 aliphatic heterocycles. The summed E-state index contributed by atoms with van der Waals surface area (Å²) in [5.74, 6) is -0.142. The Morgan fingerprint density at radius 1 is 1.33 bits per heavy atom. The molecule has 24 heavy (non-hydrogen) atoms. The molecule has 6 heteroatoms. The van der Waals surface area contributed by atoms with Gasteiger partial charge in [-0.05, 0) is 24.0 Å². The van der Waals surface area contributed by atoms with E-state index in [1.54, 1.807) is 21.0 Å². The summed E-state index contributed by atoms with van der Waals surface area (Å²) in [7, 11) is 1.65. The predicted molar refractivity (Wildman–Crippen MR) is 92.4 cm³/mol. The third kappa shape index (κ3) is 4.88. The number of nitrogens with one attached hydrogen (secondary N) is 1. The molecular formula is C18H26N2O4. The van der Waals surface area contributed by atoms with E-state index in [1.807, 2.05) is 24.3 Å². The lowest BCUT2D eigenvalue weighted by Crippen LogP contribution is -2.39. The zero-order valence-corrected chi connectivity index (χ0v) is 14.5. The average molecular weight is 334 g/mol. The maximum atomic E-state index is 12.2. The fourth-order valence-electron chi connectivity index (χ4n) is 3.17. The summed E-state index contributed by atoms with van der Waals surface area (Å²) in [6, 6.07) is 7.91. The number of carboxylic acids is 1. The number of amides is 1. The number of ether oxygens (including phenoxy) is 1. The molecule has 1 saturated heterocycles. The first kappa shape index (κ1) is 18.1. The minimum atomic E-state index is -0.879. The summed E-state index contributed by atoms with van der Waals surface area (Å²) in [6.07, 6.45) is 1.06. The van der Waals surface area contributed by atoms with Crippen molar-refractivity contribution in [2.45, 2.75) is 39.2 Å². The van der Waals surface area contributed by atoms with Gasteiger partial charge in [-0.15, -0.1) is 0 Å². The van der Waals surface area contributed by atoms with Crippen molar-refractivity contribution in [2.75, 3.05) is 25.1 Å². The Labute approximate surface area is 142 Å².